The lowest BCUT2D eigenvalue weighted by Crippen LogP contribution is -2.22. The molecule has 0 fully saturated rings. The van der Waals surface area contributed by atoms with Crippen molar-refractivity contribution in [1.82, 2.24) is 0 Å². The highest BCUT2D eigenvalue weighted by Crippen LogP contribution is 2.37. The van der Waals surface area contributed by atoms with E-state index in [-0.39, 0.29) is 11.9 Å². The second-order valence-electron chi connectivity index (χ2n) is 5.12. The number of hydrogen-bond donors (Lipinski definition) is 1. The number of hydrogen-bond acceptors (Lipinski definition) is 2. The van der Waals surface area contributed by atoms with Crippen molar-refractivity contribution >= 4 is 0 Å². The molecular weight excluding hydrogens is 207 g/mol. The van der Waals surface area contributed by atoms with Crippen LogP contribution in [0, 0.1) is 12.7 Å². The van der Waals surface area contributed by atoms with Crippen LogP contribution in [0.4, 0.5) is 4.39 Å². The fraction of sp³-hybridized carbons (Fsp3) is 0.538. The number of aliphatic hydroxyl groups is 1. The Labute approximate surface area is 95.1 Å². The summed E-state index contributed by atoms with van der Waals surface area (Å²) in [6.07, 6.45) is 0.299. The number of rotatable bonds is 2. The van der Waals surface area contributed by atoms with Crippen LogP contribution < -0.4 is 0 Å². The smallest absolute Gasteiger partial charge is 0.126 e. The van der Waals surface area contributed by atoms with Crippen LogP contribution in [-0.4, -0.2) is 10.7 Å². The van der Waals surface area contributed by atoms with E-state index in [1.807, 2.05) is 6.07 Å². The van der Waals surface area contributed by atoms with E-state index < -0.39 is 5.60 Å². The fourth-order valence-corrected chi connectivity index (χ4v) is 2.08. The number of halogens is 1. The van der Waals surface area contributed by atoms with E-state index in [9.17, 15) is 9.50 Å². The summed E-state index contributed by atoms with van der Waals surface area (Å²) < 4.78 is 19.0. The van der Waals surface area contributed by atoms with Crippen molar-refractivity contribution in [3.05, 3.63) is 34.6 Å². The average molecular weight is 224 g/mol. The molecule has 1 aliphatic rings. The standard InChI is InChI=1S/C13H17FO2/c1-8-4-9-7-16-12(6-13(2,3)15)10(9)5-11(8)14/h4-5,12,15H,6-7H2,1-3H3. The summed E-state index contributed by atoms with van der Waals surface area (Å²) in [6.45, 7) is 5.73. The first-order valence-corrected chi connectivity index (χ1v) is 5.50. The lowest BCUT2D eigenvalue weighted by molar-refractivity contribution is -0.0146. The van der Waals surface area contributed by atoms with Crippen molar-refractivity contribution in [2.24, 2.45) is 0 Å². The molecule has 1 aliphatic heterocycles. The Kier molecular flexibility index (Phi) is 2.76. The molecule has 1 atom stereocenters. The average Bonchev–Trinajstić information content (AvgIpc) is 2.47. The molecule has 1 aromatic rings. The zero-order chi connectivity index (χ0) is 11.9. The molecule has 0 radical (unpaired) electrons. The molecule has 0 amide bonds. The number of benzene rings is 1. The number of ether oxygens (including phenoxy) is 1. The molecule has 0 spiro atoms. The Balaban J connectivity index is 2.29. The predicted octanol–water partition coefficient (Wildman–Crippen LogP) is 2.87. The molecule has 0 aromatic heterocycles. The molecule has 0 aliphatic carbocycles. The van der Waals surface area contributed by atoms with Crippen LogP contribution in [0.5, 0.6) is 0 Å². The van der Waals surface area contributed by atoms with Crippen molar-refractivity contribution in [2.45, 2.75) is 45.5 Å². The van der Waals surface area contributed by atoms with E-state index >= 15 is 0 Å². The first kappa shape index (κ1) is 11.6. The van der Waals surface area contributed by atoms with E-state index in [4.69, 9.17) is 4.74 Å². The van der Waals surface area contributed by atoms with Crippen LogP contribution in [0.2, 0.25) is 0 Å². The Hall–Kier alpha value is -0.930. The molecule has 88 valence electrons. The number of aryl methyl sites for hydroxylation is 1. The zero-order valence-corrected chi connectivity index (χ0v) is 9.88. The molecule has 1 aromatic carbocycles. The molecule has 0 saturated heterocycles. The van der Waals surface area contributed by atoms with Crippen LogP contribution in [0.25, 0.3) is 0 Å². The molecule has 3 heteroatoms. The first-order chi connectivity index (χ1) is 7.37. The van der Waals surface area contributed by atoms with Gasteiger partial charge >= 0.3 is 0 Å². The topological polar surface area (TPSA) is 29.5 Å². The SMILES string of the molecule is Cc1cc2c(cc1F)C(CC(C)(C)O)OC2. The van der Waals surface area contributed by atoms with Crippen LogP contribution in [0.15, 0.2) is 12.1 Å². The van der Waals surface area contributed by atoms with Gasteiger partial charge < -0.3 is 9.84 Å². The largest absolute Gasteiger partial charge is 0.390 e. The third-order valence-electron chi connectivity index (χ3n) is 2.89. The van der Waals surface area contributed by atoms with Gasteiger partial charge in [-0.05, 0) is 43.5 Å². The third kappa shape index (κ3) is 2.25. The van der Waals surface area contributed by atoms with Gasteiger partial charge in [-0.2, -0.15) is 0 Å². The minimum absolute atomic E-state index is 0.190. The quantitative estimate of drug-likeness (QED) is 0.837. The molecule has 2 nitrogen and oxygen atoms in total. The van der Waals surface area contributed by atoms with Gasteiger partial charge in [-0.15, -0.1) is 0 Å². The van der Waals surface area contributed by atoms with Gasteiger partial charge in [0.2, 0.25) is 0 Å². The third-order valence-corrected chi connectivity index (χ3v) is 2.89. The minimum atomic E-state index is -0.798. The van der Waals surface area contributed by atoms with E-state index in [0.29, 0.717) is 18.6 Å². The van der Waals surface area contributed by atoms with E-state index in [1.165, 1.54) is 6.07 Å². The van der Waals surface area contributed by atoms with Crippen molar-refractivity contribution in [3.8, 4) is 0 Å². The second-order valence-corrected chi connectivity index (χ2v) is 5.12. The van der Waals surface area contributed by atoms with Gasteiger partial charge in [0.05, 0.1) is 18.3 Å². The number of fused-ring (bicyclic) bond motifs is 1. The van der Waals surface area contributed by atoms with E-state index in [0.717, 1.165) is 11.1 Å². The summed E-state index contributed by atoms with van der Waals surface area (Å²) in [5.41, 5.74) is 1.76. The van der Waals surface area contributed by atoms with Crippen LogP contribution in [-0.2, 0) is 11.3 Å². The lowest BCUT2D eigenvalue weighted by atomic mass is 9.94. The summed E-state index contributed by atoms with van der Waals surface area (Å²) in [5.74, 6) is -0.204. The highest BCUT2D eigenvalue weighted by Gasteiger charge is 2.29. The Morgan fingerprint density at radius 3 is 2.81 bits per heavy atom. The Morgan fingerprint density at radius 2 is 2.19 bits per heavy atom. The normalized spacial score (nSPS) is 19.9. The van der Waals surface area contributed by atoms with Gasteiger partial charge in [-0.25, -0.2) is 4.39 Å². The van der Waals surface area contributed by atoms with E-state index in [2.05, 4.69) is 0 Å². The second kappa shape index (κ2) is 3.82. The van der Waals surface area contributed by atoms with Crippen molar-refractivity contribution in [1.29, 1.82) is 0 Å². The predicted molar refractivity (Wildman–Crippen MR) is 59.6 cm³/mol. The van der Waals surface area contributed by atoms with Gasteiger partial charge in [0.15, 0.2) is 0 Å². The summed E-state index contributed by atoms with van der Waals surface area (Å²) >= 11 is 0. The summed E-state index contributed by atoms with van der Waals surface area (Å²) in [4.78, 5) is 0. The molecular formula is C13H17FO2. The van der Waals surface area contributed by atoms with E-state index in [1.54, 1.807) is 20.8 Å². The van der Waals surface area contributed by atoms with Crippen LogP contribution >= 0.6 is 0 Å². The molecule has 16 heavy (non-hydrogen) atoms. The van der Waals surface area contributed by atoms with Gasteiger partial charge in [0, 0.05) is 6.42 Å². The monoisotopic (exact) mass is 224 g/mol. The van der Waals surface area contributed by atoms with Gasteiger partial charge in [0.25, 0.3) is 0 Å². The Bertz CT molecular complexity index is 407. The summed E-state index contributed by atoms with van der Waals surface area (Å²) in [5, 5.41) is 9.75. The molecule has 1 N–H and O–H groups in total. The van der Waals surface area contributed by atoms with Gasteiger partial charge in [-0.1, -0.05) is 6.07 Å². The van der Waals surface area contributed by atoms with Crippen molar-refractivity contribution in [3.63, 3.8) is 0 Å². The maximum Gasteiger partial charge on any atom is 0.126 e. The maximum absolute atomic E-state index is 13.5. The van der Waals surface area contributed by atoms with Crippen molar-refractivity contribution in [2.75, 3.05) is 0 Å². The molecule has 0 saturated carbocycles. The first-order valence-electron chi connectivity index (χ1n) is 5.50. The highest BCUT2D eigenvalue weighted by atomic mass is 19.1. The minimum Gasteiger partial charge on any atom is -0.390 e. The van der Waals surface area contributed by atoms with Crippen molar-refractivity contribution < 1.29 is 14.2 Å². The van der Waals surface area contributed by atoms with Crippen LogP contribution in [0.1, 0.15) is 43.1 Å². The zero-order valence-electron chi connectivity index (χ0n) is 9.88. The Morgan fingerprint density at radius 1 is 1.50 bits per heavy atom. The lowest BCUT2D eigenvalue weighted by Gasteiger charge is -2.21. The molecule has 2 rings (SSSR count). The molecule has 1 heterocycles. The van der Waals surface area contributed by atoms with Gasteiger partial charge in [0.1, 0.15) is 5.82 Å². The van der Waals surface area contributed by atoms with Crippen LogP contribution in [0.3, 0.4) is 0 Å². The molecule has 0 bridgehead atoms. The summed E-state index contributed by atoms with van der Waals surface area (Å²) in [7, 11) is 0. The molecule has 1 unspecified atom stereocenters. The fourth-order valence-electron chi connectivity index (χ4n) is 2.08. The summed E-state index contributed by atoms with van der Waals surface area (Å²) in [6, 6.07) is 3.36. The van der Waals surface area contributed by atoms with Gasteiger partial charge in [-0.3, -0.25) is 0 Å². The highest BCUT2D eigenvalue weighted by molar-refractivity contribution is 5.36. The maximum atomic E-state index is 13.5.